The Balaban J connectivity index is 1.85. The van der Waals surface area contributed by atoms with Gasteiger partial charge in [-0.05, 0) is 45.0 Å². The van der Waals surface area contributed by atoms with Crippen molar-refractivity contribution in [1.82, 2.24) is 9.78 Å². The van der Waals surface area contributed by atoms with Crippen molar-refractivity contribution < 1.29 is 9.59 Å². The number of anilines is 1. The third-order valence-corrected chi connectivity index (χ3v) is 4.06. The lowest BCUT2D eigenvalue weighted by molar-refractivity contribution is 0.101. The summed E-state index contributed by atoms with van der Waals surface area (Å²) in [5, 5.41) is 7.15. The molecular formula is C20H19N3O2. The Labute approximate surface area is 146 Å². The Morgan fingerprint density at radius 2 is 1.76 bits per heavy atom. The highest BCUT2D eigenvalue weighted by molar-refractivity contribution is 6.05. The van der Waals surface area contributed by atoms with Gasteiger partial charge in [0.25, 0.3) is 5.91 Å². The van der Waals surface area contributed by atoms with Crippen molar-refractivity contribution in [1.29, 1.82) is 0 Å². The lowest BCUT2D eigenvalue weighted by Gasteiger charge is -2.08. The number of aromatic nitrogens is 2. The molecule has 1 amide bonds. The normalized spacial score (nSPS) is 10.5. The highest BCUT2D eigenvalue weighted by atomic mass is 16.1. The van der Waals surface area contributed by atoms with E-state index >= 15 is 0 Å². The Hall–Kier alpha value is -3.21. The fourth-order valence-electron chi connectivity index (χ4n) is 2.59. The smallest absolute Gasteiger partial charge is 0.259 e. The van der Waals surface area contributed by atoms with Gasteiger partial charge >= 0.3 is 0 Å². The molecule has 0 atom stereocenters. The topological polar surface area (TPSA) is 64.0 Å². The Bertz CT molecular complexity index is 940. The van der Waals surface area contributed by atoms with Crippen LogP contribution in [-0.4, -0.2) is 21.5 Å². The van der Waals surface area contributed by atoms with Crippen LogP contribution >= 0.6 is 0 Å². The molecule has 0 fully saturated rings. The molecule has 126 valence electrons. The van der Waals surface area contributed by atoms with Crippen LogP contribution in [0.4, 0.5) is 5.69 Å². The van der Waals surface area contributed by atoms with Gasteiger partial charge in [0.15, 0.2) is 5.78 Å². The van der Waals surface area contributed by atoms with Gasteiger partial charge in [0.1, 0.15) is 0 Å². The molecule has 0 saturated carbocycles. The van der Waals surface area contributed by atoms with Gasteiger partial charge in [0.2, 0.25) is 0 Å². The van der Waals surface area contributed by atoms with Gasteiger partial charge in [-0.3, -0.25) is 9.59 Å². The van der Waals surface area contributed by atoms with Crippen molar-refractivity contribution in [2.75, 3.05) is 5.32 Å². The van der Waals surface area contributed by atoms with Crippen molar-refractivity contribution in [3.63, 3.8) is 0 Å². The third kappa shape index (κ3) is 3.50. The Morgan fingerprint density at radius 1 is 1.04 bits per heavy atom. The maximum atomic E-state index is 12.6. The number of ketones is 1. The SMILES string of the molecule is CC(=O)c1cccc(NC(=O)c2cnn(-c3ccc(C)cc3)c2C)c1. The summed E-state index contributed by atoms with van der Waals surface area (Å²) >= 11 is 0. The largest absolute Gasteiger partial charge is 0.322 e. The molecule has 0 saturated heterocycles. The van der Waals surface area contributed by atoms with E-state index in [1.807, 2.05) is 38.1 Å². The predicted molar refractivity (Wildman–Crippen MR) is 97.4 cm³/mol. The molecule has 2 aromatic carbocycles. The first-order chi connectivity index (χ1) is 12.0. The molecule has 3 aromatic rings. The van der Waals surface area contributed by atoms with Gasteiger partial charge < -0.3 is 5.32 Å². The van der Waals surface area contributed by atoms with Crippen LogP contribution < -0.4 is 5.32 Å². The molecule has 5 nitrogen and oxygen atoms in total. The van der Waals surface area contributed by atoms with E-state index in [9.17, 15) is 9.59 Å². The predicted octanol–water partition coefficient (Wildman–Crippen LogP) is 3.94. The third-order valence-electron chi connectivity index (χ3n) is 4.06. The molecule has 25 heavy (non-hydrogen) atoms. The van der Waals surface area contributed by atoms with E-state index in [-0.39, 0.29) is 11.7 Å². The van der Waals surface area contributed by atoms with Crippen molar-refractivity contribution in [3.8, 4) is 5.69 Å². The van der Waals surface area contributed by atoms with Crippen molar-refractivity contribution >= 4 is 17.4 Å². The second kappa shape index (κ2) is 6.73. The summed E-state index contributed by atoms with van der Waals surface area (Å²) in [5.74, 6) is -0.295. The number of aryl methyl sites for hydroxylation is 1. The number of hydrogen-bond acceptors (Lipinski definition) is 3. The van der Waals surface area contributed by atoms with Crippen LogP contribution in [0, 0.1) is 13.8 Å². The minimum atomic E-state index is -0.253. The van der Waals surface area contributed by atoms with E-state index in [2.05, 4.69) is 10.4 Å². The second-order valence-corrected chi connectivity index (χ2v) is 5.98. The molecule has 1 aromatic heterocycles. The summed E-state index contributed by atoms with van der Waals surface area (Å²) < 4.78 is 1.74. The van der Waals surface area contributed by atoms with Gasteiger partial charge in [-0.25, -0.2) is 4.68 Å². The van der Waals surface area contributed by atoms with Crippen molar-refractivity contribution in [3.05, 3.63) is 77.1 Å². The van der Waals surface area contributed by atoms with Gasteiger partial charge in [0, 0.05) is 11.3 Å². The van der Waals surface area contributed by atoms with Gasteiger partial charge in [-0.2, -0.15) is 5.10 Å². The number of rotatable bonds is 4. The summed E-state index contributed by atoms with van der Waals surface area (Å²) in [7, 11) is 0. The molecule has 3 rings (SSSR count). The Kier molecular flexibility index (Phi) is 4.48. The summed E-state index contributed by atoms with van der Waals surface area (Å²) in [6, 6.07) is 14.8. The molecule has 5 heteroatoms. The van der Waals surface area contributed by atoms with E-state index < -0.39 is 0 Å². The monoisotopic (exact) mass is 333 g/mol. The number of Topliss-reactive ketones (excluding diaryl/α,β-unsaturated/α-hetero) is 1. The van der Waals surface area contributed by atoms with Crippen molar-refractivity contribution in [2.24, 2.45) is 0 Å². The van der Waals surface area contributed by atoms with Crippen LogP contribution in [0.5, 0.6) is 0 Å². The highest BCUT2D eigenvalue weighted by Gasteiger charge is 2.15. The van der Waals surface area contributed by atoms with Crippen LogP contribution in [0.15, 0.2) is 54.7 Å². The quantitative estimate of drug-likeness (QED) is 0.735. The van der Waals surface area contributed by atoms with Crippen LogP contribution in [0.2, 0.25) is 0 Å². The number of nitrogens with zero attached hydrogens (tertiary/aromatic N) is 2. The molecule has 0 spiro atoms. The summed E-state index contributed by atoms with van der Waals surface area (Å²) in [6.07, 6.45) is 1.55. The maximum Gasteiger partial charge on any atom is 0.259 e. The van der Waals surface area contributed by atoms with E-state index in [1.165, 1.54) is 6.92 Å². The summed E-state index contributed by atoms with van der Waals surface area (Å²) in [5.41, 5.74) is 4.46. The van der Waals surface area contributed by atoms with E-state index in [0.717, 1.165) is 16.9 Å². The number of nitrogens with one attached hydrogen (secondary N) is 1. The minimum absolute atomic E-state index is 0.0422. The number of benzene rings is 2. The molecule has 0 bridgehead atoms. The zero-order chi connectivity index (χ0) is 18.0. The standard InChI is InChI=1S/C20H19N3O2/c1-13-7-9-18(10-8-13)23-14(2)19(12-21-23)20(25)22-17-6-4-5-16(11-17)15(3)24/h4-12H,1-3H3,(H,22,25). The average Bonchev–Trinajstić information content (AvgIpc) is 2.97. The molecule has 0 unspecified atom stereocenters. The van der Waals surface area contributed by atoms with Crippen LogP contribution in [0.3, 0.4) is 0 Å². The Morgan fingerprint density at radius 3 is 2.44 bits per heavy atom. The number of amides is 1. The maximum absolute atomic E-state index is 12.6. The first kappa shape index (κ1) is 16.6. The fourth-order valence-corrected chi connectivity index (χ4v) is 2.59. The van der Waals surface area contributed by atoms with Crippen LogP contribution in [0.1, 0.15) is 38.9 Å². The average molecular weight is 333 g/mol. The lowest BCUT2D eigenvalue weighted by Crippen LogP contribution is -2.13. The second-order valence-electron chi connectivity index (χ2n) is 5.98. The number of hydrogen-bond donors (Lipinski definition) is 1. The minimum Gasteiger partial charge on any atom is -0.322 e. The van der Waals surface area contributed by atoms with Crippen molar-refractivity contribution in [2.45, 2.75) is 20.8 Å². The van der Waals surface area contributed by atoms with Gasteiger partial charge in [-0.1, -0.05) is 29.8 Å². The zero-order valence-electron chi connectivity index (χ0n) is 14.4. The number of carbonyl (C=O) groups excluding carboxylic acids is 2. The van der Waals surface area contributed by atoms with Crippen LogP contribution in [0.25, 0.3) is 5.69 Å². The van der Waals surface area contributed by atoms with E-state index in [0.29, 0.717) is 16.8 Å². The molecule has 0 aliphatic rings. The highest BCUT2D eigenvalue weighted by Crippen LogP contribution is 2.17. The van der Waals surface area contributed by atoms with Gasteiger partial charge in [0.05, 0.1) is 23.1 Å². The lowest BCUT2D eigenvalue weighted by atomic mass is 10.1. The molecule has 0 radical (unpaired) electrons. The van der Waals surface area contributed by atoms with Crippen LogP contribution in [-0.2, 0) is 0 Å². The fraction of sp³-hybridized carbons (Fsp3) is 0.150. The molecule has 0 aliphatic carbocycles. The first-order valence-electron chi connectivity index (χ1n) is 8.00. The summed E-state index contributed by atoms with van der Waals surface area (Å²) in [4.78, 5) is 24.0. The molecule has 0 aliphatic heterocycles. The van der Waals surface area contributed by atoms with Gasteiger partial charge in [-0.15, -0.1) is 0 Å². The molecular weight excluding hydrogens is 314 g/mol. The first-order valence-corrected chi connectivity index (χ1v) is 8.00. The molecule has 1 heterocycles. The van der Waals surface area contributed by atoms with E-state index in [1.54, 1.807) is 35.1 Å². The van der Waals surface area contributed by atoms with E-state index in [4.69, 9.17) is 0 Å². The molecule has 1 N–H and O–H groups in total. The zero-order valence-corrected chi connectivity index (χ0v) is 14.4. The number of carbonyl (C=O) groups is 2. The summed E-state index contributed by atoms with van der Waals surface area (Å²) in [6.45, 7) is 5.37.